The summed E-state index contributed by atoms with van der Waals surface area (Å²) in [5.41, 5.74) is 2.16. The minimum Gasteiger partial charge on any atom is -0.363 e. The Balaban J connectivity index is 1.62. The average molecular weight is 322 g/mol. The molecule has 1 unspecified atom stereocenters. The third kappa shape index (κ3) is 4.29. The second-order valence-corrected chi connectivity index (χ2v) is 5.52. The van der Waals surface area contributed by atoms with Crippen molar-refractivity contribution in [1.82, 2.24) is 9.97 Å². The Morgan fingerprint density at radius 3 is 2.50 bits per heavy atom. The molecule has 0 spiro atoms. The summed E-state index contributed by atoms with van der Waals surface area (Å²) in [6, 6.07) is 18.5. The zero-order valence-corrected chi connectivity index (χ0v) is 13.4. The van der Waals surface area contributed by atoms with Gasteiger partial charge in [0.05, 0.1) is 0 Å². The van der Waals surface area contributed by atoms with E-state index in [2.05, 4.69) is 39.7 Å². The maximum atomic E-state index is 12.9. The molecule has 1 aromatic heterocycles. The highest BCUT2D eigenvalue weighted by Gasteiger charge is 2.06. The van der Waals surface area contributed by atoms with Gasteiger partial charge in [0.2, 0.25) is 5.95 Å². The molecule has 0 fully saturated rings. The molecule has 3 rings (SSSR count). The minimum atomic E-state index is -0.240. The maximum absolute atomic E-state index is 12.9. The van der Waals surface area contributed by atoms with E-state index in [1.807, 2.05) is 24.3 Å². The van der Waals surface area contributed by atoms with E-state index in [1.165, 1.54) is 17.7 Å². The molecule has 0 bridgehead atoms. The first-order chi connectivity index (χ1) is 11.7. The third-order valence-corrected chi connectivity index (χ3v) is 3.68. The maximum Gasteiger partial charge on any atom is 0.224 e. The van der Waals surface area contributed by atoms with Crippen LogP contribution in [0.1, 0.15) is 24.1 Å². The number of hydrogen-bond donors (Lipinski definition) is 2. The van der Waals surface area contributed by atoms with Crippen LogP contribution in [-0.4, -0.2) is 9.97 Å². The van der Waals surface area contributed by atoms with E-state index in [9.17, 15) is 4.39 Å². The van der Waals surface area contributed by atoms with E-state index in [0.29, 0.717) is 12.5 Å². The predicted molar refractivity (Wildman–Crippen MR) is 94.2 cm³/mol. The Morgan fingerprint density at radius 1 is 1.00 bits per heavy atom. The van der Waals surface area contributed by atoms with Crippen LogP contribution in [-0.2, 0) is 6.54 Å². The summed E-state index contributed by atoms with van der Waals surface area (Å²) < 4.78 is 12.9. The quantitative estimate of drug-likeness (QED) is 0.706. The molecule has 24 heavy (non-hydrogen) atoms. The summed E-state index contributed by atoms with van der Waals surface area (Å²) in [4.78, 5) is 8.68. The summed E-state index contributed by atoms with van der Waals surface area (Å²) >= 11 is 0. The fourth-order valence-corrected chi connectivity index (χ4v) is 2.35. The van der Waals surface area contributed by atoms with Gasteiger partial charge < -0.3 is 10.6 Å². The molecule has 1 heterocycles. The van der Waals surface area contributed by atoms with Gasteiger partial charge in [-0.1, -0.05) is 42.5 Å². The molecule has 0 aliphatic heterocycles. The number of nitrogens with zero attached hydrogens (tertiary/aromatic N) is 2. The molecule has 4 nitrogen and oxygen atoms in total. The Labute approximate surface area is 140 Å². The predicted octanol–water partition coefficient (Wildman–Crippen LogP) is 4.40. The number of rotatable bonds is 6. The molecule has 122 valence electrons. The van der Waals surface area contributed by atoms with Crippen molar-refractivity contribution in [3.63, 3.8) is 0 Å². The molecule has 1 atom stereocenters. The van der Waals surface area contributed by atoms with Crippen LogP contribution in [0, 0.1) is 5.82 Å². The summed E-state index contributed by atoms with van der Waals surface area (Å²) in [5, 5.41) is 6.51. The van der Waals surface area contributed by atoms with Crippen LogP contribution in [0.3, 0.4) is 0 Å². The van der Waals surface area contributed by atoms with E-state index >= 15 is 0 Å². The van der Waals surface area contributed by atoms with Gasteiger partial charge in [0.15, 0.2) is 0 Å². The number of anilines is 2. The van der Waals surface area contributed by atoms with Crippen molar-refractivity contribution in [2.75, 3.05) is 10.6 Å². The first-order valence-electron chi connectivity index (χ1n) is 7.83. The topological polar surface area (TPSA) is 49.8 Å². The number of benzene rings is 2. The fourth-order valence-electron chi connectivity index (χ4n) is 2.35. The number of aromatic nitrogens is 2. The van der Waals surface area contributed by atoms with Crippen LogP contribution >= 0.6 is 0 Å². The molecule has 0 radical (unpaired) electrons. The zero-order valence-electron chi connectivity index (χ0n) is 13.4. The van der Waals surface area contributed by atoms with Gasteiger partial charge in [0.1, 0.15) is 11.6 Å². The minimum absolute atomic E-state index is 0.144. The highest BCUT2D eigenvalue weighted by atomic mass is 19.1. The van der Waals surface area contributed by atoms with Gasteiger partial charge in [0, 0.05) is 18.8 Å². The lowest BCUT2D eigenvalue weighted by atomic mass is 10.1. The van der Waals surface area contributed by atoms with E-state index in [1.54, 1.807) is 18.3 Å². The molecule has 0 amide bonds. The van der Waals surface area contributed by atoms with Gasteiger partial charge in [-0.25, -0.2) is 9.37 Å². The molecule has 0 saturated carbocycles. The number of halogens is 1. The van der Waals surface area contributed by atoms with Crippen molar-refractivity contribution < 1.29 is 4.39 Å². The molecular weight excluding hydrogens is 303 g/mol. The van der Waals surface area contributed by atoms with Crippen LogP contribution in [0.2, 0.25) is 0 Å². The summed E-state index contributed by atoms with van der Waals surface area (Å²) in [5.74, 6) is 1.05. The van der Waals surface area contributed by atoms with Crippen molar-refractivity contribution in [2.45, 2.75) is 19.5 Å². The van der Waals surface area contributed by atoms with Gasteiger partial charge in [-0.15, -0.1) is 0 Å². The molecule has 3 aromatic rings. The number of hydrogen-bond acceptors (Lipinski definition) is 4. The van der Waals surface area contributed by atoms with Gasteiger partial charge in [-0.3, -0.25) is 0 Å². The van der Waals surface area contributed by atoms with Gasteiger partial charge in [-0.05, 0) is 36.2 Å². The Morgan fingerprint density at radius 2 is 1.75 bits per heavy atom. The van der Waals surface area contributed by atoms with Gasteiger partial charge in [-0.2, -0.15) is 4.98 Å². The molecule has 0 saturated heterocycles. The molecule has 0 aliphatic carbocycles. The summed E-state index contributed by atoms with van der Waals surface area (Å²) in [6.45, 7) is 2.63. The van der Waals surface area contributed by atoms with Crippen LogP contribution in [0.25, 0.3) is 0 Å². The van der Waals surface area contributed by atoms with Crippen LogP contribution < -0.4 is 10.6 Å². The lowest BCUT2D eigenvalue weighted by Gasteiger charge is -2.15. The molecular formula is C19H19FN4. The van der Waals surface area contributed by atoms with Crippen molar-refractivity contribution in [1.29, 1.82) is 0 Å². The van der Waals surface area contributed by atoms with Crippen LogP contribution in [0.4, 0.5) is 16.2 Å². The van der Waals surface area contributed by atoms with Crippen LogP contribution in [0.5, 0.6) is 0 Å². The van der Waals surface area contributed by atoms with Gasteiger partial charge >= 0.3 is 0 Å². The summed E-state index contributed by atoms with van der Waals surface area (Å²) in [7, 11) is 0. The Kier molecular flexibility index (Phi) is 5.01. The normalized spacial score (nSPS) is 11.8. The zero-order chi connectivity index (χ0) is 16.8. The smallest absolute Gasteiger partial charge is 0.224 e. The standard InChI is InChI=1S/C19H19FN4/c1-14(16-5-3-2-4-6-16)23-18-11-12-21-19(24-18)22-13-15-7-9-17(20)10-8-15/h2-12,14H,13H2,1H3,(H2,21,22,23,24). The highest BCUT2D eigenvalue weighted by Crippen LogP contribution is 2.18. The highest BCUT2D eigenvalue weighted by molar-refractivity contribution is 5.42. The van der Waals surface area contributed by atoms with E-state index in [-0.39, 0.29) is 11.9 Å². The van der Waals surface area contributed by atoms with Gasteiger partial charge in [0.25, 0.3) is 0 Å². The van der Waals surface area contributed by atoms with Crippen molar-refractivity contribution in [3.8, 4) is 0 Å². The molecule has 2 N–H and O–H groups in total. The van der Waals surface area contributed by atoms with Crippen molar-refractivity contribution in [3.05, 3.63) is 83.8 Å². The average Bonchev–Trinajstić information content (AvgIpc) is 2.62. The molecule has 5 heteroatoms. The Hall–Kier alpha value is -2.95. The molecule has 0 aliphatic rings. The first-order valence-corrected chi connectivity index (χ1v) is 7.83. The monoisotopic (exact) mass is 322 g/mol. The SMILES string of the molecule is CC(Nc1ccnc(NCc2ccc(F)cc2)n1)c1ccccc1. The van der Waals surface area contributed by atoms with E-state index in [4.69, 9.17) is 0 Å². The van der Waals surface area contributed by atoms with Crippen molar-refractivity contribution >= 4 is 11.8 Å². The van der Waals surface area contributed by atoms with E-state index < -0.39 is 0 Å². The lowest BCUT2D eigenvalue weighted by Crippen LogP contribution is -2.10. The third-order valence-electron chi connectivity index (χ3n) is 3.68. The Bertz CT molecular complexity index is 775. The largest absolute Gasteiger partial charge is 0.363 e. The fraction of sp³-hybridized carbons (Fsp3) is 0.158. The summed E-state index contributed by atoms with van der Waals surface area (Å²) in [6.07, 6.45) is 1.71. The number of nitrogens with one attached hydrogen (secondary N) is 2. The first kappa shape index (κ1) is 15.9. The lowest BCUT2D eigenvalue weighted by molar-refractivity contribution is 0.627. The van der Waals surface area contributed by atoms with Crippen molar-refractivity contribution in [2.24, 2.45) is 0 Å². The molecule has 2 aromatic carbocycles. The second kappa shape index (κ2) is 7.55. The van der Waals surface area contributed by atoms with E-state index in [0.717, 1.165) is 11.4 Å². The second-order valence-electron chi connectivity index (χ2n) is 5.52. The van der Waals surface area contributed by atoms with Crippen LogP contribution in [0.15, 0.2) is 66.9 Å².